The maximum atomic E-state index is 6.63. The Labute approximate surface area is 191 Å². The molecule has 8 heteroatoms. The highest BCUT2D eigenvalue weighted by Crippen LogP contribution is 2.34. The lowest BCUT2D eigenvalue weighted by atomic mass is 9.61. The summed E-state index contributed by atoms with van der Waals surface area (Å²) in [5.74, 6) is 0. The third kappa shape index (κ3) is 8.01. The van der Waals surface area contributed by atoms with Crippen molar-refractivity contribution in [2.75, 3.05) is 13.7 Å². The highest BCUT2D eigenvalue weighted by Gasteiger charge is 2.52. The first-order valence-electron chi connectivity index (χ1n) is 12.9. The van der Waals surface area contributed by atoms with Gasteiger partial charge in [-0.05, 0) is 12.8 Å². The zero-order valence-corrected chi connectivity index (χ0v) is 20.8. The molecule has 6 atom stereocenters. The van der Waals surface area contributed by atoms with E-state index in [4.69, 9.17) is 28.3 Å². The van der Waals surface area contributed by atoms with E-state index in [1.165, 1.54) is 25.7 Å². The Morgan fingerprint density at radius 3 is 1.97 bits per heavy atom. The number of hydrogen-bond donors (Lipinski definition) is 0. The van der Waals surface area contributed by atoms with Gasteiger partial charge in [0, 0.05) is 7.11 Å². The second-order valence-electron chi connectivity index (χ2n) is 8.92. The van der Waals surface area contributed by atoms with Crippen molar-refractivity contribution < 1.29 is 28.3 Å². The van der Waals surface area contributed by atoms with Crippen LogP contribution in [0.2, 0.25) is 25.3 Å². The molecule has 2 heterocycles. The maximum Gasteiger partial charge on any atom is 0.293 e. The lowest BCUT2D eigenvalue weighted by molar-refractivity contribution is -0.351. The SMILES string of the molecule is CCCCCCCC1OCC2OC(OC)C(OB(CC)CC)C(OB(CC)CC)C2O1. The number of methoxy groups -OCH3 is 1. The van der Waals surface area contributed by atoms with E-state index in [1.807, 2.05) is 0 Å². The predicted molar refractivity (Wildman–Crippen MR) is 127 cm³/mol. The first kappa shape index (κ1) is 27.1. The van der Waals surface area contributed by atoms with Crippen molar-refractivity contribution in [3.63, 3.8) is 0 Å². The molecule has 0 aromatic carbocycles. The van der Waals surface area contributed by atoms with Gasteiger partial charge >= 0.3 is 0 Å². The molecule has 0 aliphatic carbocycles. The summed E-state index contributed by atoms with van der Waals surface area (Å²) < 4.78 is 37.6. The van der Waals surface area contributed by atoms with Crippen molar-refractivity contribution in [3.05, 3.63) is 0 Å². The van der Waals surface area contributed by atoms with E-state index in [1.54, 1.807) is 7.11 Å². The van der Waals surface area contributed by atoms with Crippen LogP contribution in [0.3, 0.4) is 0 Å². The minimum atomic E-state index is -0.487. The van der Waals surface area contributed by atoms with Crippen LogP contribution in [0.4, 0.5) is 0 Å². The summed E-state index contributed by atoms with van der Waals surface area (Å²) in [5.41, 5.74) is 0. The molecule has 0 N–H and O–H groups in total. The molecule has 2 saturated heterocycles. The normalized spacial score (nSPS) is 30.8. The second-order valence-corrected chi connectivity index (χ2v) is 8.92. The van der Waals surface area contributed by atoms with Gasteiger partial charge in [-0.3, -0.25) is 0 Å². The van der Waals surface area contributed by atoms with Crippen LogP contribution in [0.15, 0.2) is 0 Å². The number of rotatable bonds is 15. The van der Waals surface area contributed by atoms with Crippen LogP contribution in [0.5, 0.6) is 0 Å². The summed E-state index contributed by atoms with van der Waals surface area (Å²) in [6.07, 6.45) is 9.23. The van der Waals surface area contributed by atoms with Gasteiger partial charge in [0.2, 0.25) is 0 Å². The molecule has 6 unspecified atom stereocenters. The Morgan fingerprint density at radius 2 is 1.39 bits per heavy atom. The minimum absolute atomic E-state index is 0.143. The van der Waals surface area contributed by atoms with Gasteiger partial charge in [-0.2, -0.15) is 0 Å². The molecule has 2 aliphatic rings. The lowest BCUT2D eigenvalue weighted by Gasteiger charge is -2.50. The Hall–Kier alpha value is -0.110. The first-order valence-corrected chi connectivity index (χ1v) is 12.9. The van der Waals surface area contributed by atoms with Crippen molar-refractivity contribution in [3.8, 4) is 0 Å². The molecule has 180 valence electrons. The average molecular weight is 440 g/mol. The van der Waals surface area contributed by atoms with Gasteiger partial charge < -0.3 is 28.3 Å². The van der Waals surface area contributed by atoms with Crippen molar-refractivity contribution in [1.82, 2.24) is 0 Å². The third-order valence-corrected chi connectivity index (χ3v) is 6.64. The molecular formula is C23H46B2O6. The minimum Gasteiger partial charge on any atom is -0.428 e. The van der Waals surface area contributed by atoms with Gasteiger partial charge in [-0.15, -0.1) is 0 Å². The van der Waals surface area contributed by atoms with Crippen LogP contribution in [0.1, 0.15) is 73.1 Å². The molecule has 2 aliphatic heterocycles. The average Bonchev–Trinajstić information content (AvgIpc) is 2.80. The molecule has 0 aromatic rings. The van der Waals surface area contributed by atoms with E-state index in [2.05, 4.69) is 34.6 Å². The van der Waals surface area contributed by atoms with E-state index < -0.39 is 6.29 Å². The monoisotopic (exact) mass is 440 g/mol. The molecule has 0 spiro atoms. The van der Waals surface area contributed by atoms with E-state index in [0.29, 0.717) is 6.61 Å². The molecule has 2 fully saturated rings. The summed E-state index contributed by atoms with van der Waals surface area (Å²) >= 11 is 0. The molecule has 0 bridgehead atoms. The first-order chi connectivity index (χ1) is 15.1. The van der Waals surface area contributed by atoms with E-state index in [0.717, 1.165) is 38.1 Å². The molecular weight excluding hydrogens is 394 g/mol. The highest BCUT2D eigenvalue weighted by atomic mass is 16.8. The van der Waals surface area contributed by atoms with Crippen molar-refractivity contribution >= 4 is 13.8 Å². The van der Waals surface area contributed by atoms with Gasteiger partial charge in [0.25, 0.3) is 13.8 Å². The molecule has 31 heavy (non-hydrogen) atoms. The largest absolute Gasteiger partial charge is 0.428 e. The Bertz CT molecular complexity index is 461. The second kappa shape index (κ2) is 14.9. The number of fused-ring (bicyclic) bond motifs is 1. The summed E-state index contributed by atoms with van der Waals surface area (Å²) in [7, 11) is 1.67. The lowest BCUT2D eigenvalue weighted by Crippen LogP contribution is -2.65. The Kier molecular flexibility index (Phi) is 13.1. The fourth-order valence-corrected chi connectivity index (χ4v) is 4.56. The summed E-state index contributed by atoms with van der Waals surface area (Å²) in [5, 5.41) is 0. The van der Waals surface area contributed by atoms with Crippen molar-refractivity contribution in [2.45, 2.75) is 135 Å². The van der Waals surface area contributed by atoms with Gasteiger partial charge in [0.05, 0.1) is 12.7 Å². The van der Waals surface area contributed by atoms with Gasteiger partial charge in [-0.25, -0.2) is 0 Å². The molecule has 0 saturated carbocycles. The molecule has 2 rings (SSSR count). The van der Waals surface area contributed by atoms with Crippen LogP contribution in [-0.2, 0) is 28.3 Å². The van der Waals surface area contributed by atoms with Crippen LogP contribution in [0, 0.1) is 0 Å². The van der Waals surface area contributed by atoms with Gasteiger partial charge in [0.1, 0.15) is 18.3 Å². The summed E-state index contributed by atoms with van der Waals surface area (Å²) in [4.78, 5) is 0. The number of unbranched alkanes of at least 4 members (excludes halogenated alkanes) is 4. The van der Waals surface area contributed by atoms with E-state index >= 15 is 0 Å². The van der Waals surface area contributed by atoms with Gasteiger partial charge in [-0.1, -0.05) is 85.6 Å². The van der Waals surface area contributed by atoms with E-state index in [9.17, 15) is 0 Å². The fourth-order valence-electron chi connectivity index (χ4n) is 4.56. The van der Waals surface area contributed by atoms with Crippen LogP contribution < -0.4 is 0 Å². The Balaban J connectivity index is 2.12. The zero-order valence-electron chi connectivity index (χ0n) is 20.8. The maximum absolute atomic E-state index is 6.63. The Morgan fingerprint density at radius 1 is 0.774 bits per heavy atom. The molecule has 0 amide bonds. The van der Waals surface area contributed by atoms with Crippen molar-refractivity contribution in [2.24, 2.45) is 0 Å². The molecule has 0 radical (unpaired) electrons. The smallest absolute Gasteiger partial charge is 0.293 e. The topological polar surface area (TPSA) is 55.4 Å². The molecule has 0 aromatic heterocycles. The number of hydrogen-bond acceptors (Lipinski definition) is 6. The number of ether oxygens (including phenoxy) is 4. The molecule has 6 nitrogen and oxygen atoms in total. The fraction of sp³-hybridized carbons (Fsp3) is 1.00. The third-order valence-electron chi connectivity index (χ3n) is 6.64. The van der Waals surface area contributed by atoms with Crippen LogP contribution in [0.25, 0.3) is 0 Å². The predicted octanol–water partition coefficient (Wildman–Crippen LogP) is 5.29. The van der Waals surface area contributed by atoms with Crippen LogP contribution >= 0.6 is 0 Å². The summed E-state index contributed by atoms with van der Waals surface area (Å²) in [6, 6.07) is 0. The zero-order chi connectivity index (χ0) is 22.6. The quantitative estimate of drug-likeness (QED) is 0.255. The van der Waals surface area contributed by atoms with Crippen molar-refractivity contribution in [1.29, 1.82) is 0 Å². The highest BCUT2D eigenvalue weighted by molar-refractivity contribution is 6.52. The van der Waals surface area contributed by atoms with E-state index in [-0.39, 0.29) is 44.5 Å². The standard InChI is InChI=1S/C23H46B2O6/c1-7-12-13-14-15-16-19-27-17-18-20(29-19)21(30-24(8-2)9-3)22(23(26-6)28-18)31-25(10-4)11-5/h18-23H,7-17H2,1-6H3. The van der Waals surface area contributed by atoms with Gasteiger partial charge in [0.15, 0.2) is 12.6 Å². The van der Waals surface area contributed by atoms with Crippen LogP contribution in [-0.4, -0.2) is 64.5 Å². The summed E-state index contributed by atoms with van der Waals surface area (Å²) in [6.45, 7) is 11.7.